The van der Waals surface area contributed by atoms with Crippen LogP contribution in [0.2, 0.25) is 0 Å². The zero-order valence-electron chi connectivity index (χ0n) is 8.20. The Morgan fingerprint density at radius 3 is 2.38 bits per heavy atom. The van der Waals surface area contributed by atoms with Crippen LogP contribution >= 0.6 is 0 Å². The Morgan fingerprint density at radius 1 is 1.38 bits per heavy atom. The predicted molar refractivity (Wildman–Crippen MR) is 46.8 cm³/mol. The number of hydrogen-bond donors (Lipinski definition) is 2. The number of ether oxygens (including phenoxy) is 1. The van der Waals surface area contributed by atoms with Crippen LogP contribution in [-0.4, -0.2) is 43.1 Å². The third kappa shape index (κ3) is 2.92. The van der Waals surface area contributed by atoms with Crippen molar-refractivity contribution in [3.8, 4) is 0 Å². The summed E-state index contributed by atoms with van der Waals surface area (Å²) < 4.78 is 4.82. The van der Waals surface area contributed by atoms with Gasteiger partial charge in [0.05, 0.1) is 19.2 Å². The van der Waals surface area contributed by atoms with Crippen LogP contribution in [-0.2, 0) is 9.53 Å². The summed E-state index contributed by atoms with van der Waals surface area (Å²) in [5.74, 6) is -0.198. The maximum absolute atomic E-state index is 11.1. The van der Waals surface area contributed by atoms with Crippen LogP contribution in [0.5, 0.6) is 0 Å². The molecule has 6 nitrogen and oxygen atoms in total. The smallest absolute Gasteiger partial charge is 0.308 e. The van der Waals surface area contributed by atoms with E-state index in [2.05, 4.69) is 10.9 Å². The summed E-state index contributed by atoms with van der Waals surface area (Å²) in [6.45, 7) is 2.23. The molecule has 1 rings (SSSR count). The zero-order valence-corrected chi connectivity index (χ0v) is 8.20. The van der Waals surface area contributed by atoms with Gasteiger partial charge in [-0.1, -0.05) is 0 Å². The summed E-state index contributed by atoms with van der Waals surface area (Å²) in [7, 11) is 3.72. The van der Waals surface area contributed by atoms with Crippen LogP contribution in [0.4, 0.5) is 0 Å². The van der Waals surface area contributed by atoms with Gasteiger partial charge in [0.25, 0.3) is 0 Å². The van der Waals surface area contributed by atoms with Gasteiger partial charge in [-0.05, 0) is 6.92 Å². The van der Waals surface area contributed by atoms with Gasteiger partial charge in [-0.3, -0.25) is 4.79 Å². The number of carbonyl (C=O) groups excluding carboxylic acids is 1. The lowest BCUT2D eigenvalue weighted by atomic mass is 10.3. The topological polar surface area (TPSA) is 56.8 Å². The third-order valence-corrected chi connectivity index (χ3v) is 1.81. The molecule has 0 saturated carbocycles. The second-order valence-corrected chi connectivity index (χ2v) is 2.87. The maximum atomic E-state index is 11.1. The van der Waals surface area contributed by atoms with Crippen LogP contribution in [0, 0.1) is 0 Å². The fraction of sp³-hybridized carbons (Fsp3) is 0.857. The Bertz CT molecular complexity index is 177. The second kappa shape index (κ2) is 4.52. The van der Waals surface area contributed by atoms with Crippen LogP contribution in [0.1, 0.15) is 13.3 Å². The molecule has 76 valence electrons. The van der Waals surface area contributed by atoms with Crippen molar-refractivity contribution in [3.05, 3.63) is 0 Å². The van der Waals surface area contributed by atoms with Gasteiger partial charge in [0.1, 0.15) is 0 Å². The van der Waals surface area contributed by atoms with Crippen molar-refractivity contribution in [1.82, 2.24) is 21.1 Å². The fourth-order valence-corrected chi connectivity index (χ4v) is 1.13. The molecule has 0 atom stereocenters. The van der Waals surface area contributed by atoms with Gasteiger partial charge in [-0.15, -0.1) is 0 Å². The maximum Gasteiger partial charge on any atom is 0.308 e. The molecule has 1 aliphatic heterocycles. The molecule has 0 unspecified atom stereocenters. The molecule has 0 bridgehead atoms. The molecule has 2 N–H and O–H groups in total. The lowest BCUT2D eigenvalue weighted by Crippen LogP contribution is -2.38. The van der Waals surface area contributed by atoms with E-state index in [9.17, 15) is 4.79 Å². The summed E-state index contributed by atoms with van der Waals surface area (Å²) in [6.07, 6.45) is 0.247. The molecular formula is C7H16N4O2. The van der Waals surface area contributed by atoms with E-state index < -0.39 is 0 Å². The quantitative estimate of drug-likeness (QED) is 0.558. The molecule has 0 radical (unpaired) electrons. The zero-order chi connectivity index (χ0) is 9.84. The van der Waals surface area contributed by atoms with Gasteiger partial charge in [0, 0.05) is 14.1 Å². The molecular weight excluding hydrogens is 172 g/mol. The van der Waals surface area contributed by atoms with E-state index in [0.29, 0.717) is 13.0 Å². The van der Waals surface area contributed by atoms with Crippen molar-refractivity contribution in [1.29, 1.82) is 0 Å². The molecule has 0 spiro atoms. The second-order valence-electron chi connectivity index (χ2n) is 2.87. The van der Waals surface area contributed by atoms with E-state index >= 15 is 0 Å². The molecule has 1 aliphatic rings. The van der Waals surface area contributed by atoms with Gasteiger partial charge in [0.15, 0.2) is 0 Å². The minimum absolute atomic E-state index is 0.0750. The van der Waals surface area contributed by atoms with Crippen molar-refractivity contribution >= 4 is 5.97 Å². The molecule has 13 heavy (non-hydrogen) atoms. The Kier molecular flexibility index (Phi) is 3.61. The summed E-state index contributed by atoms with van der Waals surface area (Å²) in [6, 6.07) is 0. The minimum atomic E-state index is -0.198. The summed E-state index contributed by atoms with van der Waals surface area (Å²) in [5, 5.41) is 3.54. The number of rotatable bonds is 3. The standard InChI is InChI=1S/C7H16N4O2/c1-4-13-7(12)5-6-8-10(2)11(3)9-6/h6,8-9H,4-5H2,1-3H3. The fourth-order valence-electron chi connectivity index (χ4n) is 1.13. The SMILES string of the molecule is CCOC(=O)CC1NN(C)N(C)N1. The van der Waals surface area contributed by atoms with Gasteiger partial charge in [-0.25, -0.2) is 10.9 Å². The average Bonchev–Trinajstić information content (AvgIpc) is 2.31. The highest BCUT2D eigenvalue weighted by Crippen LogP contribution is 2.00. The van der Waals surface area contributed by atoms with Crippen molar-refractivity contribution in [2.24, 2.45) is 0 Å². The number of esters is 1. The Hall–Kier alpha value is -0.690. The van der Waals surface area contributed by atoms with Crippen LogP contribution in [0.25, 0.3) is 0 Å². The largest absolute Gasteiger partial charge is 0.466 e. The highest BCUT2D eigenvalue weighted by Gasteiger charge is 2.25. The predicted octanol–water partition coefficient (Wildman–Crippen LogP) is -0.933. The minimum Gasteiger partial charge on any atom is -0.466 e. The number of nitrogens with zero attached hydrogens (tertiary/aromatic N) is 2. The molecule has 0 aromatic carbocycles. The van der Waals surface area contributed by atoms with Crippen LogP contribution < -0.4 is 10.9 Å². The number of carbonyl (C=O) groups is 1. The van der Waals surface area contributed by atoms with Crippen molar-refractivity contribution in [3.63, 3.8) is 0 Å². The van der Waals surface area contributed by atoms with Gasteiger partial charge in [0.2, 0.25) is 0 Å². The molecule has 0 amide bonds. The van der Waals surface area contributed by atoms with Gasteiger partial charge in [-0.2, -0.15) is 10.2 Å². The first-order chi connectivity index (χ1) is 6.13. The van der Waals surface area contributed by atoms with E-state index in [1.165, 1.54) is 0 Å². The van der Waals surface area contributed by atoms with E-state index in [4.69, 9.17) is 4.74 Å². The Balaban J connectivity index is 2.27. The van der Waals surface area contributed by atoms with Crippen molar-refractivity contribution in [2.45, 2.75) is 19.5 Å². The van der Waals surface area contributed by atoms with E-state index in [0.717, 1.165) is 0 Å². The van der Waals surface area contributed by atoms with Gasteiger partial charge >= 0.3 is 5.97 Å². The molecule has 1 heterocycles. The van der Waals surface area contributed by atoms with E-state index in [1.54, 1.807) is 17.2 Å². The first kappa shape index (κ1) is 10.4. The Labute approximate surface area is 77.7 Å². The number of hydrazine groups is 3. The lowest BCUT2D eigenvalue weighted by molar-refractivity contribution is -0.143. The molecule has 6 heteroatoms. The highest BCUT2D eigenvalue weighted by molar-refractivity contribution is 5.70. The molecule has 0 aromatic rings. The van der Waals surface area contributed by atoms with Crippen molar-refractivity contribution in [2.75, 3.05) is 20.7 Å². The number of nitrogens with one attached hydrogen (secondary N) is 2. The third-order valence-electron chi connectivity index (χ3n) is 1.81. The molecule has 1 saturated heterocycles. The highest BCUT2D eigenvalue weighted by atomic mass is 16.5. The monoisotopic (exact) mass is 188 g/mol. The summed E-state index contributed by atoms with van der Waals surface area (Å²) >= 11 is 0. The van der Waals surface area contributed by atoms with Crippen LogP contribution in [0.3, 0.4) is 0 Å². The first-order valence-electron chi connectivity index (χ1n) is 4.28. The van der Waals surface area contributed by atoms with Crippen molar-refractivity contribution < 1.29 is 9.53 Å². The first-order valence-corrected chi connectivity index (χ1v) is 4.28. The Morgan fingerprint density at radius 2 is 1.92 bits per heavy atom. The summed E-state index contributed by atoms with van der Waals surface area (Å²) in [5.41, 5.74) is 6.08. The normalized spacial score (nSPS) is 20.8. The van der Waals surface area contributed by atoms with Crippen LogP contribution in [0.15, 0.2) is 0 Å². The van der Waals surface area contributed by atoms with E-state index in [-0.39, 0.29) is 12.1 Å². The summed E-state index contributed by atoms with van der Waals surface area (Å²) in [4.78, 5) is 11.1. The number of hydrogen-bond acceptors (Lipinski definition) is 6. The average molecular weight is 188 g/mol. The lowest BCUT2D eigenvalue weighted by Gasteiger charge is -2.15. The molecule has 1 fully saturated rings. The molecule has 0 aliphatic carbocycles. The van der Waals surface area contributed by atoms with Gasteiger partial charge < -0.3 is 4.74 Å². The molecule has 0 aromatic heterocycles. The van der Waals surface area contributed by atoms with E-state index in [1.807, 2.05) is 14.1 Å².